The third-order valence-corrected chi connectivity index (χ3v) is 6.52. The van der Waals surface area contributed by atoms with Crippen LogP contribution in [-0.4, -0.2) is 16.0 Å². The van der Waals surface area contributed by atoms with E-state index in [1.54, 1.807) is 19.2 Å². The molecule has 0 bridgehead atoms. The topological polar surface area (TPSA) is 29.5 Å². The maximum absolute atomic E-state index is 9.41. The molecule has 0 unspecified atom stereocenters. The summed E-state index contributed by atoms with van der Waals surface area (Å²) in [5.41, 5.74) is 5.34. The molecule has 0 spiro atoms. The van der Waals surface area contributed by atoms with E-state index in [2.05, 4.69) is 128 Å². The van der Waals surface area contributed by atoms with Gasteiger partial charge in [-0.25, -0.2) is 11.6 Å². The number of benzene rings is 3. The van der Waals surface area contributed by atoms with Gasteiger partial charge in [0.05, 0.1) is 7.11 Å². The van der Waals surface area contributed by atoms with Gasteiger partial charge in [0, 0.05) is 6.07 Å². The third-order valence-electron chi connectivity index (χ3n) is 5.62. The molecule has 0 saturated heterocycles. The number of hydrogen-bond donors (Lipinski definition) is 1. The first-order chi connectivity index (χ1) is 16.9. The van der Waals surface area contributed by atoms with Crippen LogP contribution in [0.2, 0.25) is 0 Å². The van der Waals surface area contributed by atoms with E-state index in [-0.39, 0.29) is 36.0 Å². The molecule has 0 saturated carbocycles. The van der Waals surface area contributed by atoms with Gasteiger partial charge in [0.15, 0.2) is 0 Å². The van der Waals surface area contributed by atoms with Crippen LogP contribution in [0.3, 0.4) is 0 Å². The van der Waals surface area contributed by atoms with Gasteiger partial charge >= 0.3 is 95.6 Å². The number of ether oxygens (including phenoxy) is 1. The molecule has 0 aromatic heterocycles. The molecule has 3 aromatic rings. The van der Waals surface area contributed by atoms with E-state index in [1.807, 2.05) is 18.2 Å². The van der Waals surface area contributed by atoms with Crippen molar-refractivity contribution in [2.75, 3.05) is 7.11 Å². The zero-order valence-corrected chi connectivity index (χ0v) is 26.6. The molecule has 1 aliphatic rings. The molecule has 1 aliphatic carbocycles. The SMILES string of the molecule is CC(C)(C)C1=[C-]CC=C1.COc1cc(O)cc(C(C)(C)C)c1.[Cl-].[Cl-].[Ti+]=[C](c1ccccc1)c1ccccc1. The van der Waals surface area contributed by atoms with Gasteiger partial charge in [-0.15, -0.1) is 6.42 Å². The fourth-order valence-electron chi connectivity index (χ4n) is 3.43. The molecule has 0 heterocycles. The summed E-state index contributed by atoms with van der Waals surface area (Å²) in [6.45, 7) is 12.9. The second-order valence-corrected chi connectivity index (χ2v) is 11.5. The Hall–Kier alpha value is -2.10. The zero-order valence-electron chi connectivity index (χ0n) is 23.5. The maximum atomic E-state index is 9.41. The number of halogens is 2. The van der Waals surface area contributed by atoms with E-state index in [1.165, 1.54) is 20.5 Å². The summed E-state index contributed by atoms with van der Waals surface area (Å²) >= 11 is 2.16. The number of allylic oxidation sites excluding steroid dienone is 4. The molecule has 4 rings (SSSR count). The van der Waals surface area contributed by atoms with Crippen LogP contribution < -0.4 is 29.6 Å². The van der Waals surface area contributed by atoms with E-state index in [0.29, 0.717) is 11.2 Å². The van der Waals surface area contributed by atoms with Crippen LogP contribution in [0, 0.1) is 11.5 Å². The van der Waals surface area contributed by atoms with Crippen LogP contribution >= 0.6 is 0 Å². The van der Waals surface area contributed by atoms with Gasteiger partial charge in [-0.1, -0.05) is 41.5 Å². The zero-order chi connectivity index (χ0) is 26.8. The first-order valence-electron chi connectivity index (χ1n) is 12.3. The van der Waals surface area contributed by atoms with Crippen LogP contribution in [0.5, 0.6) is 11.5 Å². The Morgan fingerprint density at radius 2 is 1.29 bits per heavy atom. The molecular formula is C33H39Cl2O2Ti-2. The number of methoxy groups -OCH3 is 1. The minimum absolute atomic E-state index is 0. The van der Waals surface area contributed by atoms with E-state index in [9.17, 15) is 5.11 Å². The monoisotopic (exact) mass is 585 g/mol. The predicted molar refractivity (Wildman–Crippen MR) is 149 cm³/mol. The molecule has 0 atom stereocenters. The van der Waals surface area contributed by atoms with Crippen molar-refractivity contribution in [2.24, 2.45) is 5.41 Å². The summed E-state index contributed by atoms with van der Waals surface area (Å²) in [4.78, 5) is 0. The number of aromatic hydroxyl groups is 1. The molecular weight excluding hydrogens is 547 g/mol. The molecule has 0 amide bonds. The first-order valence-corrected chi connectivity index (χ1v) is 13.1. The Morgan fingerprint density at radius 1 is 0.789 bits per heavy atom. The number of rotatable bonds is 3. The van der Waals surface area contributed by atoms with Crippen LogP contribution in [0.4, 0.5) is 0 Å². The van der Waals surface area contributed by atoms with Crippen LogP contribution in [0.1, 0.15) is 64.7 Å². The van der Waals surface area contributed by atoms with Crippen LogP contribution in [0.15, 0.2) is 96.6 Å². The van der Waals surface area contributed by atoms with Gasteiger partial charge in [0.1, 0.15) is 11.5 Å². The Morgan fingerprint density at radius 3 is 1.63 bits per heavy atom. The van der Waals surface area contributed by atoms with E-state index < -0.39 is 0 Å². The second-order valence-electron chi connectivity index (χ2n) is 10.7. The molecule has 5 heteroatoms. The molecule has 1 N–H and O–H groups in total. The summed E-state index contributed by atoms with van der Waals surface area (Å²) in [5.74, 6) is 0.953. The van der Waals surface area contributed by atoms with Crippen molar-refractivity contribution in [1.82, 2.24) is 0 Å². The quantitative estimate of drug-likeness (QED) is 0.377. The normalized spacial score (nSPS) is 11.9. The van der Waals surface area contributed by atoms with Crippen LogP contribution in [-0.2, 0) is 25.4 Å². The number of phenolic OH excluding ortho intramolecular Hbond substituents is 1. The fraction of sp³-hybridized carbons (Fsp3) is 0.303. The number of phenols is 1. The first kappa shape index (κ1) is 35.9. The molecule has 203 valence electrons. The summed E-state index contributed by atoms with van der Waals surface area (Å²) < 4.78 is 6.40. The minimum atomic E-state index is 0. The summed E-state index contributed by atoms with van der Waals surface area (Å²) in [6, 6.07) is 26.3. The Balaban J connectivity index is 0.000000538. The average Bonchev–Trinajstić information content (AvgIpc) is 3.41. The summed E-state index contributed by atoms with van der Waals surface area (Å²) in [7, 11) is 1.60. The summed E-state index contributed by atoms with van der Waals surface area (Å²) in [5, 5.41) is 9.41. The number of hydrogen-bond acceptors (Lipinski definition) is 2. The van der Waals surface area contributed by atoms with Crippen LogP contribution in [0.25, 0.3) is 0 Å². The Labute approximate surface area is 254 Å². The standard InChI is InChI=1S/C13H10.C11H16O2.C9H13.2ClH.Ti/c1-3-7-12(8-4-1)11-13-9-5-2-6-10-13;1-11(2,3)8-5-9(12)7-10(6-8)13-4;1-9(2,3)8-6-4-5-7-8;;;/h1-10H;5-7,12H,1-4H3;4,6H,5H2,1-3H3;2*1H;/q;;-1;;;+1/p-2. The second kappa shape index (κ2) is 16.8. The molecule has 2 nitrogen and oxygen atoms in total. The fourth-order valence-corrected chi connectivity index (χ4v) is 3.95. The van der Waals surface area contributed by atoms with Gasteiger partial charge < -0.3 is 34.7 Å². The van der Waals surface area contributed by atoms with Crippen molar-refractivity contribution in [1.29, 1.82) is 0 Å². The van der Waals surface area contributed by atoms with E-state index >= 15 is 0 Å². The summed E-state index contributed by atoms with van der Waals surface area (Å²) in [6.07, 6.45) is 8.63. The van der Waals surface area contributed by atoms with Crippen molar-refractivity contribution < 1.29 is 54.6 Å². The van der Waals surface area contributed by atoms with E-state index in [4.69, 9.17) is 4.74 Å². The van der Waals surface area contributed by atoms with Crippen molar-refractivity contribution in [3.05, 3.63) is 119 Å². The Bertz CT molecular complexity index is 1130. The molecule has 0 radical (unpaired) electrons. The van der Waals surface area contributed by atoms with Crippen molar-refractivity contribution in [3.63, 3.8) is 0 Å². The van der Waals surface area contributed by atoms with Crippen molar-refractivity contribution in [2.45, 2.75) is 53.4 Å². The van der Waals surface area contributed by atoms with Gasteiger partial charge in [-0.05, 0) is 28.5 Å². The molecule has 0 aliphatic heterocycles. The van der Waals surface area contributed by atoms with Crippen molar-refractivity contribution in [3.8, 4) is 11.5 Å². The van der Waals surface area contributed by atoms with Gasteiger partial charge in [0.25, 0.3) is 0 Å². The van der Waals surface area contributed by atoms with Gasteiger partial charge in [0.2, 0.25) is 0 Å². The molecule has 38 heavy (non-hydrogen) atoms. The van der Waals surface area contributed by atoms with Gasteiger partial charge in [-0.2, -0.15) is 6.08 Å². The van der Waals surface area contributed by atoms with Gasteiger partial charge in [-0.3, -0.25) is 6.08 Å². The van der Waals surface area contributed by atoms with Crippen molar-refractivity contribution >= 4 is 3.81 Å². The molecule has 3 aromatic carbocycles. The average molecular weight is 586 g/mol. The third kappa shape index (κ3) is 12.2. The molecule has 0 fully saturated rings. The predicted octanol–water partition coefficient (Wildman–Crippen LogP) is 2.23. The Kier molecular flexibility index (Phi) is 15.9. The van der Waals surface area contributed by atoms with E-state index in [0.717, 1.165) is 12.0 Å².